The summed E-state index contributed by atoms with van der Waals surface area (Å²) in [6, 6.07) is 14.1. The SMILES string of the molecule is C#CCOc1ccccc1CN1CCC[C@@H](c2nnc3ccccn23)C1. The molecule has 1 fully saturated rings. The Balaban J connectivity index is 1.50. The minimum atomic E-state index is 0.297. The van der Waals surface area contributed by atoms with Gasteiger partial charge in [0.25, 0.3) is 0 Å². The van der Waals surface area contributed by atoms with Crippen LogP contribution in [0.4, 0.5) is 0 Å². The lowest BCUT2D eigenvalue weighted by Gasteiger charge is -2.32. The minimum Gasteiger partial charge on any atom is -0.481 e. The van der Waals surface area contributed by atoms with E-state index in [4.69, 9.17) is 11.2 Å². The predicted molar refractivity (Wildman–Crippen MR) is 101 cm³/mol. The van der Waals surface area contributed by atoms with Crippen LogP contribution in [-0.4, -0.2) is 39.2 Å². The van der Waals surface area contributed by atoms with Gasteiger partial charge in [0.15, 0.2) is 5.65 Å². The molecule has 1 aliphatic rings. The van der Waals surface area contributed by atoms with E-state index in [9.17, 15) is 0 Å². The van der Waals surface area contributed by atoms with Crippen molar-refractivity contribution in [3.8, 4) is 18.1 Å². The highest BCUT2D eigenvalue weighted by atomic mass is 16.5. The number of piperidine rings is 1. The number of terminal acetylenes is 1. The van der Waals surface area contributed by atoms with Gasteiger partial charge in [-0.05, 0) is 37.6 Å². The summed E-state index contributed by atoms with van der Waals surface area (Å²) in [7, 11) is 0. The van der Waals surface area contributed by atoms with Gasteiger partial charge in [-0.1, -0.05) is 30.2 Å². The van der Waals surface area contributed by atoms with Crippen LogP contribution in [0.3, 0.4) is 0 Å². The van der Waals surface area contributed by atoms with Gasteiger partial charge in [-0.2, -0.15) is 0 Å². The van der Waals surface area contributed by atoms with Crippen LogP contribution in [0.25, 0.3) is 5.65 Å². The van der Waals surface area contributed by atoms with Gasteiger partial charge in [-0.25, -0.2) is 0 Å². The van der Waals surface area contributed by atoms with Crippen LogP contribution in [0.5, 0.6) is 5.75 Å². The fourth-order valence-corrected chi connectivity index (χ4v) is 3.68. The molecule has 0 amide bonds. The number of aromatic nitrogens is 3. The second-order valence-corrected chi connectivity index (χ2v) is 6.66. The van der Waals surface area contributed by atoms with E-state index in [1.54, 1.807) is 0 Å². The molecule has 0 N–H and O–H groups in total. The van der Waals surface area contributed by atoms with Crippen LogP contribution in [0.2, 0.25) is 0 Å². The molecule has 0 bridgehead atoms. The molecular weight excluding hydrogens is 324 g/mol. The van der Waals surface area contributed by atoms with Gasteiger partial charge < -0.3 is 4.74 Å². The Hall–Kier alpha value is -2.84. The molecule has 0 spiro atoms. The molecule has 4 rings (SSSR count). The van der Waals surface area contributed by atoms with Crippen LogP contribution >= 0.6 is 0 Å². The number of hydrogen-bond donors (Lipinski definition) is 0. The molecule has 0 saturated carbocycles. The van der Waals surface area contributed by atoms with Gasteiger partial charge >= 0.3 is 0 Å². The lowest BCUT2D eigenvalue weighted by molar-refractivity contribution is 0.193. The summed E-state index contributed by atoms with van der Waals surface area (Å²) in [6.07, 6.45) is 9.67. The van der Waals surface area contributed by atoms with E-state index < -0.39 is 0 Å². The summed E-state index contributed by atoms with van der Waals surface area (Å²) in [6.45, 7) is 3.20. The van der Waals surface area contributed by atoms with Crippen LogP contribution in [-0.2, 0) is 6.54 Å². The zero-order valence-corrected chi connectivity index (χ0v) is 14.7. The summed E-state index contributed by atoms with van der Waals surface area (Å²) in [5.41, 5.74) is 2.09. The molecule has 0 radical (unpaired) electrons. The van der Waals surface area contributed by atoms with Crippen molar-refractivity contribution in [2.75, 3.05) is 19.7 Å². The number of pyridine rings is 1. The summed E-state index contributed by atoms with van der Waals surface area (Å²) in [4.78, 5) is 2.47. The van der Waals surface area contributed by atoms with Gasteiger partial charge in [0.05, 0.1) is 0 Å². The number of nitrogens with zero attached hydrogens (tertiary/aromatic N) is 4. The normalized spacial score (nSPS) is 17.9. The van der Waals surface area contributed by atoms with E-state index in [2.05, 4.69) is 31.5 Å². The van der Waals surface area contributed by atoms with E-state index in [1.807, 2.05) is 42.6 Å². The molecule has 26 heavy (non-hydrogen) atoms. The van der Waals surface area contributed by atoms with Crippen molar-refractivity contribution in [2.45, 2.75) is 25.3 Å². The molecule has 1 saturated heterocycles. The number of ether oxygens (including phenoxy) is 1. The third kappa shape index (κ3) is 3.42. The van der Waals surface area contributed by atoms with Gasteiger partial charge in [0.1, 0.15) is 18.2 Å². The second kappa shape index (κ2) is 7.59. The number of rotatable bonds is 5. The van der Waals surface area contributed by atoms with Crippen LogP contribution in [0.15, 0.2) is 48.7 Å². The molecular formula is C21H22N4O. The van der Waals surface area contributed by atoms with Gasteiger partial charge in [-0.15, -0.1) is 16.6 Å². The summed E-state index contributed by atoms with van der Waals surface area (Å²) in [5, 5.41) is 8.76. The summed E-state index contributed by atoms with van der Waals surface area (Å²) in [5.74, 6) is 4.86. The van der Waals surface area contributed by atoms with Crippen LogP contribution < -0.4 is 4.74 Å². The number of likely N-dealkylation sites (tertiary alicyclic amines) is 1. The highest BCUT2D eigenvalue weighted by Crippen LogP contribution is 2.28. The number of para-hydroxylation sites is 1. The molecule has 0 aliphatic carbocycles. The molecule has 3 heterocycles. The fraction of sp³-hybridized carbons (Fsp3) is 0.333. The highest BCUT2D eigenvalue weighted by molar-refractivity contribution is 5.38. The number of benzene rings is 1. The molecule has 0 unspecified atom stereocenters. The first kappa shape index (κ1) is 16.6. The maximum Gasteiger partial charge on any atom is 0.160 e. The molecule has 1 aliphatic heterocycles. The highest BCUT2D eigenvalue weighted by Gasteiger charge is 2.25. The maximum atomic E-state index is 5.70. The van der Waals surface area contributed by atoms with Crippen molar-refractivity contribution < 1.29 is 4.74 Å². The van der Waals surface area contributed by atoms with Crippen LogP contribution in [0, 0.1) is 12.3 Å². The first-order valence-electron chi connectivity index (χ1n) is 9.01. The smallest absolute Gasteiger partial charge is 0.160 e. The van der Waals surface area contributed by atoms with Crippen molar-refractivity contribution in [2.24, 2.45) is 0 Å². The van der Waals surface area contributed by atoms with Gasteiger partial charge in [0.2, 0.25) is 0 Å². The first-order valence-corrected chi connectivity index (χ1v) is 9.01. The summed E-state index contributed by atoms with van der Waals surface area (Å²) >= 11 is 0. The zero-order valence-electron chi connectivity index (χ0n) is 14.7. The number of hydrogen-bond acceptors (Lipinski definition) is 4. The Morgan fingerprint density at radius 1 is 1.15 bits per heavy atom. The number of fused-ring (bicyclic) bond motifs is 1. The first-order chi connectivity index (χ1) is 12.8. The monoisotopic (exact) mass is 346 g/mol. The molecule has 2 aromatic heterocycles. The average molecular weight is 346 g/mol. The molecule has 132 valence electrons. The fourth-order valence-electron chi connectivity index (χ4n) is 3.68. The second-order valence-electron chi connectivity index (χ2n) is 6.66. The van der Waals surface area contributed by atoms with E-state index in [0.717, 1.165) is 49.7 Å². The minimum absolute atomic E-state index is 0.297. The molecule has 1 aromatic carbocycles. The van der Waals surface area contributed by atoms with Crippen molar-refractivity contribution >= 4 is 5.65 Å². The Bertz CT molecular complexity index is 927. The largest absolute Gasteiger partial charge is 0.481 e. The topological polar surface area (TPSA) is 42.7 Å². The third-order valence-electron chi connectivity index (χ3n) is 4.89. The van der Waals surface area contributed by atoms with Crippen LogP contribution in [0.1, 0.15) is 30.1 Å². The third-order valence-corrected chi connectivity index (χ3v) is 4.89. The van der Waals surface area contributed by atoms with E-state index >= 15 is 0 Å². The van der Waals surface area contributed by atoms with E-state index in [-0.39, 0.29) is 0 Å². The zero-order chi connectivity index (χ0) is 17.8. The maximum absolute atomic E-state index is 5.70. The predicted octanol–water partition coefficient (Wildman–Crippen LogP) is 3.12. The lowest BCUT2D eigenvalue weighted by Crippen LogP contribution is -2.34. The van der Waals surface area contributed by atoms with Crippen molar-refractivity contribution in [3.05, 3.63) is 60.0 Å². The Morgan fingerprint density at radius 2 is 2.04 bits per heavy atom. The molecule has 3 aromatic rings. The summed E-state index contributed by atoms with van der Waals surface area (Å²) < 4.78 is 7.80. The van der Waals surface area contributed by atoms with E-state index in [0.29, 0.717) is 12.5 Å². The van der Waals surface area contributed by atoms with Crippen molar-refractivity contribution in [1.82, 2.24) is 19.5 Å². The van der Waals surface area contributed by atoms with E-state index in [1.165, 1.54) is 5.56 Å². The average Bonchev–Trinajstić information content (AvgIpc) is 3.12. The van der Waals surface area contributed by atoms with Crippen molar-refractivity contribution in [3.63, 3.8) is 0 Å². The molecule has 1 atom stereocenters. The Kier molecular flexibility index (Phi) is 4.85. The lowest BCUT2D eigenvalue weighted by atomic mass is 9.96. The Labute approximate surface area is 153 Å². The van der Waals surface area contributed by atoms with Crippen molar-refractivity contribution in [1.29, 1.82) is 0 Å². The Morgan fingerprint density at radius 3 is 2.96 bits per heavy atom. The molecule has 5 heteroatoms. The van der Waals surface area contributed by atoms with Gasteiger partial charge in [-0.3, -0.25) is 9.30 Å². The molecule has 5 nitrogen and oxygen atoms in total. The quantitative estimate of drug-likeness (QED) is 0.666. The van der Waals surface area contributed by atoms with Gasteiger partial charge in [0, 0.05) is 30.8 Å². The standard InChI is InChI=1S/C21H22N4O/c1-2-14-26-19-10-4-3-8-17(19)15-24-12-7-9-18(16-24)21-23-22-20-11-5-6-13-25(20)21/h1,3-6,8,10-11,13,18H,7,9,12,14-16H2/t18-/m1/s1.